The van der Waals surface area contributed by atoms with Gasteiger partial charge in [-0.1, -0.05) is 18.2 Å². The number of halogens is 3. The molecular weight excluding hydrogens is 271 g/mol. The molecule has 0 unspecified atom stereocenters. The second-order valence-corrected chi connectivity index (χ2v) is 4.04. The summed E-state index contributed by atoms with van der Waals surface area (Å²) < 4.78 is 40.1. The Balaban J connectivity index is 2.12. The van der Waals surface area contributed by atoms with Crippen LogP contribution >= 0.6 is 0 Å². The van der Waals surface area contributed by atoms with Crippen LogP contribution in [0.3, 0.4) is 0 Å². The number of hydrogen-bond acceptors (Lipinski definition) is 3. The summed E-state index contributed by atoms with van der Waals surface area (Å²) in [4.78, 5) is 15.8. The standard InChI is InChI=1S/C14H10F3NO2/c15-14(16,17)20-12-5-1-4-11(8-12)13(19)7-10-3-2-6-18-9-10/h1-6,8-9H,7H2. The lowest BCUT2D eigenvalue weighted by molar-refractivity contribution is -0.274. The lowest BCUT2D eigenvalue weighted by atomic mass is 10.0. The molecule has 0 aliphatic heterocycles. The molecule has 3 nitrogen and oxygen atoms in total. The van der Waals surface area contributed by atoms with Crippen molar-refractivity contribution in [3.05, 3.63) is 59.9 Å². The summed E-state index contributed by atoms with van der Waals surface area (Å²) in [6.07, 6.45) is -1.59. The normalized spacial score (nSPS) is 11.2. The Morgan fingerprint density at radius 2 is 2.00 bits per heavy atom. The van der Waals surface area contributed by atoms with Gasteiger partial charge in [0.25, 0.3) is 0 Å². The zero-order chi connectivity index (χ0) is 14.6. The van der Waals surface area contributed by atoms with Crippen LogP contribution in [0.15, 0.2) is 48.8 Å². The first-order valence-electron chi connectivity index (χ1n) is 5.72. The van der Waals surface area contributed by atoms with Gasteiger partial charge in [-0.2, -0.15) is 0 Å². The van der Waals surface area contributed by atoms with Crippen molar-refractivity contribution in [2.45, 2.75) is 12.8 Å². The Labute approximate surface area is 113 Å². The van der Waals surface area contributed by atoms with E-state index in [4.69, 9.17) is 0 Å². The van der Waals surface area contributed by atoms with Crippen LogP contribution in [0.2, 0.25) is 0 Å². The topological polar surface area (TPSA) is 39.2 Å². The molecule has 0 amide bonds. The minimum absolute atomic E-state index is 0.0727. The number of alkyl halides is 3. The molecule has 0 aliphatic carbocycles. The van der Waals surface area contributed by atoms with Gasteiger partial charge < -0.3 is 4.74 Å². The Bertz CT molecular complexity index is 597. The van der Waals surface area contributed by atoms with Crippen LogP contribution in [0, 0.1) is 0 Å². The zero-order valence-electron chi connectivity index (χ0n) is 10.2. The number of nitrogens with zero attached hydrogens (tertiary/aromatic N) is 1. The van der Waals surface area contributed by atoms with E-state index in [9.17, 15) is 18.0 Å². The fourth-order valence-corrected chi connectivity index (χ4v) is 1.66. The summed E-state index contributed by atoms with van der Waals surface area (Å²) in [6, 6.07) is 8.42. The second-order valence-electron chi connectivity index (χ2n) is 4.04. The van der Waals surface area contributed by atoms with Gasteiger partial charge >= 0.3 is 6.36 Å². The van der Waals surface area contributed by atoms with Crippen LogP contribution in [0.25, 0.3) is 0 Å². The lowest BCUT2D eigenvalue weighted by Crippen LogP contribution is -2.17. The van der Waals surface area contributed by atoms with Gasteiger partial charge in [0, 0.05) is 24.4 Å². The first kappa shape index (κ1) is 14.0. The highest BCUT2D eigenvalue weighted by molar-refractivity contribution is 5.97. The van der Waals surface area contributed by atoms with Crippen LogP contribution in [0.5, 0.6) is 5.75 Å². The van der Waals surface area contributed by atoms with Crippen molar-refractivity contribution in [2.24, 2.45) is 0 Å². The lowest BCUT2D eigenvalue weighted by Gasteiger charge is -2.09. The minimum Gasteiger partial charge on any atom is -0.406 e. The largest absolute Gasteiger partial charge is 0.573 e. The summed E-state index contributed by atoms with van der Waals surface area (Å²) in [5.74, 6) is -0.708. The van der Waals surface area contributed by atoms with Gasteiger partial charge in [-0.25, -0.2) is 0 Å². The molecule has 2 rings (SSSR count). The summed E-state index contributed by atoms with van der Waals surface area (Å²) in [5.41, 5.74) is 0.857. The number of pyridine rings is 1. The first-order valence-corrected chi connectivity index (χ1v) is 5.72. The maximum Gasteiger partial charge on any atom is 0.573 e. The van der Waals surface area contributed by atoms with Crippen LogP contribution in [0.1, 0.15) is 15.9 Å². The Morgan fingerprint density at radius 1 is 1.20 bits per heavy atom. The van der Waals surface area contributed by atoms with E-state index in [-0.39, 0.29) is 17.8 Å². The van der Waals surface area contributed by atoms with E-state index in [1.165, 1.54) is 18.3 Å². The van der Waals surface area contributed by atoms with Crippen LogP contribution in [0.4, 0.5) is 13.2 Å². The molecule has 2 aromatic rings. The van der Waals surface area contributed by atoms with Crippen LogP contribution in [-0.4, -0.2) is 17.1 Å². The van der Waals surface area contributed by atoms with E-state index in [0.717, 1.165) is 12.1 Å². The van der Waals surface area contributed by atoms with Crippen molar-refractivity contribution in [3.63, 3.8) is 0 Å². The maximum atomic E-state index is 12.1. The van der Waals surface area contributed by atoms with Gasteiger partial charge in [0.15, 0.2) is 5.78 Å². The van der Waals surface area contributed by atoms with Crippen LogP contribution in [-0.2, 0) is 6.42 Å². The molecule has 0 saturated heterocycles. The van der Waals surface area contributed by atoms with Gasteiger partial charge in [-0.05, 0) is 23.8 Å². The van der Waals surface area contributed by atoms with Crippen molar-refractivity contribution >= 4 is 5.78 Å². The number of hydrogen-bond donors (Lipinski definition) is 0. The number of ketones is 1. The molecule has 20 heavy (non-hydrogen) atoms. The average molecular weight is 281 g/mol. The van der Waals surface area contributed by atoms with Crippen molar-refractivity contribution in [1.82, 2.24) is 4.98 Å². The molecule has 1 heterocycles. The quantitative estimate of drug-likeness (QED) is 0.806. The summed E-state index contributed by atoms with van der Waals surface area (Å²) in [6.45, 7) is 0. The summed E-state index contributed by atoms with van der Waals surface area (Å²) in [5, 5.41) is 0. The maximum absolute atomic E-state index is 12.1. The third-order valence-corrected chi connectivity index (χ3v) is 2.48. The fraction of sp³-hybridized carbons (Fsp3) is 0.143. The van der Waals surface area contributed by atoms with Gasteiger partial charge in [-0.3, -0.25) is 9.78 Å². The average Bonchev–Trinajstić information content (AvgIpc) is 2.38. The van der Waals surface area contributed by atoms with Crippen LogP contribution < -0.4 is 4.74 Å². The van der Waals surface area contributed by atoms with E-state index in [1.54, 1.807) is 18.3 Å². The fourth-order valence-electron chi connectivity index (χ4n) is 1.66. The van der Waals surface area contributed by atoms with E-state index in [0.29, 0.717) is 5.56 Å². The molecular formula is C14H10F3NO2. The van der Waals surface area contributed by atoms with Gasteiger partial charge in [-0.15, -0.1) is 13.2 Å². The first-order chi connectivity index (χ1) is 9.44. The molecule has 0 fully saturated rings. The molecule has 0 saturated carbocycles. The number of carbonyl (C=O) groups excluding carboxylic acids is 1. The number of benzene rings is 1. The molecule has 0 atom stereocenters. The summed E-state index contributed by atoms with van der Waals surface area (Å²) in [7, 11) is 0. The third kappa shape index (κ3) is 4.08. The highest BCUT2D eigenvalue weighted by Crippen LogP contribution is 2.23. The Kier molecular flexibility index (Phi) is 4.02. The van der Waals surface area contributed by atoms with Gasteiger partial charge in [0.05, 0.1) is 0 Å². The second kappa shape index (κ2) is 5.73. The van der Waals surface area contributed by atoms with E-state index in [2.05, 4.69) is 9.72 Å². The molecule has 1 aromatic carbocycles. The number of aromatic nitrogens is 1. The third-order valence-electron chi connectivity index (χ3n) is 2.48. The van der Waals surface area contributed by atoms with E-state index in [1.807, 2.05) is 0 Å². The molecule has 6 heteroatoms. The molecule has 1 aromatic heterocycles. The molecule has 0 spiro atoms. The van der Waals surface area contributed by atoms with Crippen molar-refractivity contribution < 1.29 is 22.7 Å². The van der Waals surface area contributed by atoms with Crippen molar-refractivity contribution in [2.75, 3.05) is 0 Å². The molecule has 0 N–H and O–H groups in total. The monoisotopic (exact) mass is 281 g/mol. The minimum atomic E-state index is -4.77. The predicted molar refractivity (Wildman–Crippen MR) is 65.4 cm³/mol. The van der Waals surface area contributed by atoms with E-state index < -0.39 is 12.1 Å². The number of rotatable bonds is 4. The Hall–Kier alpha value is -2.37. The predicted octanol–water partition coefficient (Wildman–Crippen LogP) is 3.41. The smallest absolute Gasteiger partial charge is 0.406 e. The van der Waals surface area contributed by atoms with Gasteiger partial charge in [0.2, 0.25) is 0 Å². The highest BCUT2D eigenvalue weighted by atomic mass is 19.4. The highest BCUT2D eigenvalue weighted by Gasteiger charge is 2.31. The molecule has 104 valence electrons. The SMILES string of the molecule is O=C(Cc1cccnc1)c1cccc(OC(F)(F)F)c1. The number of Topliss-reactive ketones (excluding diaryl/α,β-unsaturated/α-hetero) is 1. The molecule has 0 radical (unpaired) electrons. The Morgan fingerprint density at radius 3 is 2.65 bits per heavy atom. The number of ether oxygens (including phenoxy) is 1. The van der Waals surface area contributed by atoms with Crippen molar-refractivity contribution in [3.8, 4) is 5.75 Å². The van der Waals surface area contributed by atoms with Crippen molar-refractivity contribution in [1.29, 1.82) is 0 Å². The molecule has 0 bridgehead atoms. The zero-order valence-corrected chi connectivity index (χ0v) is 10.2. The molecule has 0 aliphatic rings. The van der Waals surface area contributed by atoms with E-state index >= 15 is 0 Å². The van der Waals surface area contributed by atoms with Gasteiger partial charge in [0.1, 0.15) is 5.75 Å². The number of carbonyl (C=O) groups is 1. The summed E-state index contributed by atoms with van der Waals surface area (Å²) >= 11 is 0.